The van der Waals surface area contributed by atoms with E-state index < -0.39 is 6.04 Å². The predicted octanol–water partition coefficient (Wildman–Crippen LogP) is 5.43. The quantitative estimate of drug-likeness (QED) is 0.796. The van der Waals surface area contributed by atoms with Crippen LogP contribution < -0.4 is 5.32 Å². The maximum Gasteiger partial charge on any atom is 0.141 e. The number of halogens is 3. The molecule has 0 aliphatic rings. The third-order valence-electron chi connectivity index (χ3n) is 2.58. The van der Waals surface area contributed by atoms with Crippen molar-refractivity contribution in [2.24, 2.45) is 0 Å². The fourth-order valence-electron chi connectivity index (χ4n) is 1.64. The van der Waals surface area contributed by atoms with Crippen molar-refractivity contribution in [3.63, 3.8) is 0 Å². The van der Waals surface area contributed by atoms with E-state index in [9.17, 15) is 5.26 Å². The number of hydrogen-bond acceptors (Lipinski definition) is 2. The Balaban J connectivity index is 2.27. The molecule has 2 rings (SSSR count). The fourth-order valence-corrected chi connectivity index (χ4v) is 2.38. The van der Waals surface area contributed by atoms with Gasteiger partial charge in [-0.3, -0.25) is 0 Å². The Morgan fingerprint density at radius 1 is 1.11 bits per heavy atom. The van der Waals surface area contributed by atoms with Crippen LogP contribution in [-0.2, 0) is 0 Å². The van der Waals surface area contributed by atoms with Gasteiger partial charge in [0.2, 0.25) is 0 Å². The molecule has 1 unspecified atom stereocenters. The fraction of sp³-hybridized carbons (Fsp3) is 0.0714. The Kier molecular flexibility index (Phi) is 4.71. The topological polar surface area (TPSA) is 35.8 Å². The molecule has 2 aromatic carbocycles. The summed E-state index contributed by atoms with van der Waals surface area (Å²) >= 11 is 15.4. The Hall–Kier alpha value is -1.21. The lowest BCUT2D eigenvalue weighted by Crippen LogP contribution is -2.08. The van der Waals surface area contributed by atoms with Crippen molar-refractivity contribution in [3.05, 3.63) is 62.5 Å². The molecule has 0 heterocycles. The van der Waals surface area contributed by atoms with E-state index in [0.29, 0.717) is 10.0 Å². The molecule has 0 spiro atoms. The van der Waals surface area contributed by atoms with Crippen LogP contribution in [0.15, 0.2) is 46.9 Å². The molecule has 1 atom stereocenters. The normalized spacial score (nSPS) is 11.7. The van der Waals surface area contributed by atoms with Crippen molar-refractivity contribution in [2.45, 2.75) is 6.04 Å². The molecular formula is C14H9BrCl2N2. The van der Waals surface area contributed by atoms with E-state index in [1.54, 1.807) is 12.1 Å². The molecule has 0 aromatic heterocycles. The minimum Gasteiger partial charge on any atom is -0.366 e. The average Bonchev–Trinajstić information content (AvgIpc) is 2.41. The summed E-state index contributed by atoms with van der Waals surface area (Å²) in [5.41, 5.74) is 1.54. The number of hydrogen-bond donors (Lipinski definition) is 1. The Morgan fingerprint density at radius 3 is 2.47 bits per heavy atom. The van der Waals surface area contributed by atoms with Crippen LogP contribution in [0.3, 0.4) is 0 Å². The van der Waals surface area contributed by atoms with Crippen LogP contribution in [0.25, 0.3) is 0 Å². The van der Waals surface area contributed by atoms with Gasteiger partial charge in [-0.1, -0.05) is 41.4 Å². The second-order valence-electron chi connectivity index (χ2n) is 3.86. The summed E-state index contributed by atoms with van der Waals surface area (Å²) in [6.07, 6.45) is 0. The van der Waals surface area contributed by atoms with Gasteiger partial charge in [-0.15, -0.1) is 0 Å². The van der Waals surface area contributed by atoms with Gasteiger partial charge in [0.05, 0.1) is 11.1 Å². The van der Waals surface area contributed by atoms with E-state index in [1.165, 1.54) is 0 Å². The number of benzene rings is 2. The number of anilines is 1. The lowest BCUT2D eigenvalue weighted by molar-refractivity contribution is 0.998. The highest BCUT2D eigenvalue weighted by atomic mass is 79.9. The SMILES string of the molecule is N#CC(Nc1ccc(Cl)c(Br)c1)c1ccccc1Cl. The summed E-state index contributed by atoms with van der Waals surface area (Å²) in [6.45, 7) is 0. The largest absolute Gasteiger partial charge is 0.366 e. The Morgan fingerprint density at radius 2 is 1.84 bits per heavy atom. The van der Waals surface area contributed by atoms with Gasteiger partial charge in [-0.05, 0) is 40.2 Å². The molecule has 0 amide bonds. The minimum absolute atomic E-state index is 0.512. The second-order valence-corrected chi connectivity index (χ2v) is 5.53. The van der Waals surface area contributed by atoms with E-state index in [1.807, 2.05) is 30.3 Å². The molecular weight excluding hydrogens is 347 g/mol. The zero-order valence-electron chi connectivity index (χ0n) is 9.70. The highest BCUT2D eigenvalue weighted by Gasteiger charge is 2.13. The van der Waals surface area contributed by atoms with Crippen molar-refractivity contribution < 1.29 is 0 Å². The van der Waals surface area contributed by atoms with Crippen LogP contribution >= 0.6 is 39.1 Å². The van der Waals surface area contributed by atoms with Crippen LogP contribution in [0.4, 0.5) is 5.69 Å². The predicted molar refractivity (Wildman–Crippen MR) is 82.6 cm³/mol. The van der Waals surface area contributed by atoms with E-state index in [-0.39, 0.29) is 0 Å². The van der Waals surface area contributed by atoms with E-state index >= 15 is 0 Å². The van der Waals surface area contributed by atoms with Crippen molar-refractivity contribution in [1.82, 2.24) is 0 Å². The van der Waals surface area contributed by atoms with Crippen LogP contribution in [0.2, 0.25) is 10.0 Å². The van der Waals surface area contributed by atoms with Gasteiger partial charge in [0.15, 0.2) is 0 Å². The summed E-state index contributed by atoms with van der Waals surface area (Å²) in [7, 11) is 0. The third kappa shape index (κ3) is 3.42. The van der Waals surface area contributed by atoms with Gasteiger partial charge in [-0.25, -0.2) is 0 Å². The first-order chi connectivity index (χ1) is 9.11. The summed E-state index contributed by atoms with van der Waals surface area (Å²) < 4.78 is 0.773. The molecule has 0 fully saturated rings. The zero-order chi connectivity index (χ0) is 13.8. The molecule has 0 bridgehead atoms. The van der Waals surface area contributed by atoms with E-state index in [2.05, 4.69) is 27.3 Å². The molecule has 96 valence electrons. The lowest BCUT2D eigenvalue weighted by atomic mass is 10.1. The van der Waals surface area contributed by atoms with Gasteiger partial charge in [0, 0.05) is 20.7 Å². The second kappa shape index (κ2) is 6.29. The van der Waals surface area contributed by atoms with Crippen molar-refractivity contribution in [2.75, 3.05) is 5.32 Å². The van der Waals surface area contributed by atoms with Crippen molar-refractivity contribution in [3.8, 4) is 6.07 Å². The Labute approximate surface area is 130 Å². The van der Waals surface area contributed by atoms with Gasteiger partial charge < -0.3 is 5.32 Å². The minimum atomic E-state index is -0.512. The van der Waals surface area contributed by atoms with Gasteiger partial charge in [0.25, 0.3) is 0 Å². The molecule has 0 saturated carbocycles. The smallest absolute Gasteiger partial charge is 0.141 e. The molecule has 5 heteroatoms. The summed E-state index contributed by atoms with van der Waals surface area (Å²) in [5, 5.41) is 13.6. The number of nitrogens with one attached hydrogen (secondary N) is 1. The van der Waals surface area contributed by atoms with Crippen LogP contribution in [0.5, 0.6) is 0 Å². The molecule has 0 radical (unpaired) electrons. The third-order valence-corrected chi connectivity index (χ3v) is 4.13. The Bertz CT molecular complexity index is 638. The molecule has 2 aromatic rings. The van der Waals surface area contributed by atoms with Crippen LogP contribution in [0.1, 0.15) is 11.6 Å². The van der Waals surface area contributed by atoms with Crippen molar-refractivity contribution >= 4 is 44.8 Å². The lowest BCUT2D eigenvalue weighted by Gasteiger charge is -2.15. The van der Waals surface area contributed by atoms with Gasteiger partial charge in [0.1, 0.15) is 6.04 Å². The molecule has 0 aliphatic carbocycles. The first-order valence-electron chi connectivity index (χ1n) is 5.47. The molecule has 0 saturated heterocycles. The summed E-state index contributed by atoms with van der Waals surface area (Å²) in [6, 6.07) is 14.4. The molecule has 1 N–H and O–H groups in total. The van der Waals surface area contributed by atoms with Gasteiger partial charge in [-0.2, -0.15) is 5.26 Å². The highest BCUT2D eigenvalue weighted by Crippen LogP contribution is 2.29. The molecule has 2 nitrogen and oxygen atoms in total. The zero-order valence-corrected chi connectivity index (χ0v) is 12.8. The summed E-state index contributed by atoms with van der Waals surface area (Å²) in [5.74, 6) is 0. The standard InChI is InChI=1S/C14H9BrCl2N2/c15-11-7-9(5-6-13(11)17)19-14(8-18)10-3-1-2-4-12(10)16/h1-7,14,19H. The van der Waals surface area contributed by atoms with E-state index in [4.69, 9.17) is 23.2 Å². The highest BCUT2D eigenvalue weighted by molar-refractivity contribution is 9.10. The average molecular weight is 356 g/mol. The molecule has 19 heavy (non-hydrogen) atoms. The van der Waals surface area contributed by atoms with Gasteiger partial charge >= 0.3 is 0 Å². The first-order valence-corrected chi connectivity index (χ1v) is 7.02. The first kappa shape index (κ1) is 14.2. The monoisotopic (exact) mass is 354 g/mol. The molecule has 0 aliphatic heterocycles. The number of nitriles is 1. The maximum atomic E-state index is 9.28. The maximum absolute atomic E-state index is 9.28. The van der Waals surface area contributed by atoms with Crippen LogP contribution in [0, 0.1) is 11.3 Å². The van der Waals surface area contributed by atoms with Crippen molar-refractivity contribution in [1.29, 1.82) is 5.26 Å². The number of rotatable bonds is 3. The summed E-state index contributed by atoms with van der Waals surface area (Å²) in [4.78, 5) is 0. The number of nitrogens with zero attached hydrogens (tertiary/aromatic N) is 1. The van der Waals surface area contributed by atoms with E-state index in [0.717, 1.165) is 15.7 Å². The van der Waals surface area contributed by atoms with Crippen LogP contribution in [-0.4, -0.2) is 0 Å².